The minimum absolute atomic E-state index is 0.447. The maximum Gasteiger partial charge on any atom is 0.439 e. The zero-order valence-electron chi connectivity index (χ0n) is 7.65. The molecule has 0 amide bonds. The first-order chi connectivity index (χ1) is 7.33. The summed E-state index contributed by atoms with van der Waals surface area (Å²) in [6.07, 6.45) is 1.86. The van der Waals surface area contributed by atoms with Gasteiger partial charge in [0.25, 0.3) is 0 Å². The van der Waals surface area contributed by atoms with E-state index in [1.807, 2.05) is 30.5 Å². The quantitative estimate of drug-likeness (QED) is 0.626. The van der Waals surface area contributed by atoms with Gasteiger partial charge in [-0.15, -0.1) is 0 Å². The lowest BCUT2D eigenvalue weighted by atomic mass is 10.1. The predicted molar refractivity (Wildman–Crippen MR) is 54.4 cm³/mol. The van der Waals surface area contributed by atoms with Crippen LogP contribution in [0.3, 0.4) is 0 Å². The van der Waals surface area contributed by atoms with E-state index in [-0.39, 0.29) is 0 Å². The van der Waals surface area contributed by atoms with Crippen LogP contribution in [0.5, 0.6) is 0 Å². The maximum atomic E-state index is 10.8. The molecule has 0 unspecified atom stereocenters. The Bertz CT molecular complexity index is 662. The zero-order valence-corrected chi connectivity index (χ0v) is 7.65. The van der Waals surface area contributed by atoms with Crippen LogP contribution in [-0.2, 0) is 0 Å². The molecule has 0 atom stereocenters. The molecule has 0 saturated heterocycles. The number of rotatable bonds is 1. The molecule has 0 aliphatic rings. The fraction of sp³-hybridized carbons (Fsp3) is 0. The Morgan fingerprint density at radius 1 is 1.27 bits per heavy atom. The molecule has 1 aromatic carbocycles. The summed E-state index contributed by atoms with van der Waals surface area (Å²) in [5.41, 5.74) is 1.87. The summed E-state index contributed by atoms with van der Waals surface area (Å²) in [5.74, 6) is -0.0951. The van der Waals surface area contributed by atoms with Gasteiger partial charge in [-0.2, -0.15) is 0 Å². The van der Waals surface area contributed by atoms with Gasteiger partial charge in [-0.3, -0.25) is 9.51 Å². The SMILES string of the molecule is O=c1[nH]c(-c2ccc3[nH]ccc3c2)no1. The monoisotopic (exact) mass is 201 g/mol. The third-order valence-corrected chi connectivity index (χ3v) is 2.27. The highest BCUT2D eigenvalue weighted by Gasteiger charge is 2.04. The van der Waals surface area contributed by atoms with Crippen LogP contribution >= 0.6 is 0 Å². The smallest absolute Gasteiger partial charge is 0.361 e. The van der Waals surface area contributed by atoms with Crippen molar-refractivity contribution < 1.29 is 4.52 Å². The Morgan fingerprint density at radius 3 is 3.00 bits per heavy atom. The number of benzene rings is 1. The Morgan fingerprint density at radius 2 is 2.20 bits per heavy atom. The lowest BCUT2D eigenvalue weighted by Crippen LogP contribution is -1.94. The molecule has 3 aromatic rings. The van der Waals surface area contributed by atoms with E-state index >= 15 is 0 Å². The molecule has 0 aliphatic heterocycles. The van der Waals surface area contributed by atoms with Crippen molar-refractivity contribution in [3.63, 3.8) is 0 Å². The van der Waals surface area contributed by atoms with Gasteiger partial charge in [0.2, 0.25) is 0 Å². The van der Waals surface area contributed by atoms with Gasteiger partial charge < -0.3 is 4.98 Å². The summed E-state index contributed by atoms with van der Waals surface area (Å²) in [7, 11) is 0. The topological polar surface area (TPSA) is 74.7 Å². The third-order valence-electron chi connectivity index (χ3n) is 2.27. The summed E-state index contributed by atoms with van der Waals surface area (Å²) in [6, 6.07) is 7.68. The first kappa shape index (κ1) is 8.05. The van der Waals surface area contributed by atoms with Crippen LogP contribution in [-0.4, -0.2) is 15.1 Å². The van der Waals surface area contributed by atoms with Crippen LogP contribution in [0.25, 0.3) is 22.3 Å². The number of nitrogens with one attached hydrogen (secondary N) is 2. The second-order valence-electron chi connectivity index (χ2n) is 3.22. The number of aromatic amines is 2. The summed E-state index contributed by atoms with van der Waals surface area (Å²) < 4.78 is 4.44. The molecule has 0 bridgehead atoms. The highest BCUT2D eigenvalue weighted by Crippen LogP contribution is 2.20. The third kappa shape index (κ3) is 1.25. The van der Waals surface area contributed by atoms with Crippen molar-refractivity contribution >= 4 is 10.9 Å². The van der Waals surface area contributed by atoms with Crippen LogP contribution in [0, 0.1) is 0 Å². The molecule has 5 nitrogen and oxygen atoms in total. The van der Waals surface area contributed by atoms with E-state index in [0.717, 1.165) is 16.5 Å². The van der Waals surface area contributed by atoms with Gasteiger partial charge in [0.1, 0.15) is 0 Å². The van der Waals surface area contributed by atoms with Crippen molar-refractivity contribution in [2.45, 2.75) is 0 Å². The van der Waals surface area contributed by atoms with Crippen LogP contribution in [0.2, 0.25) is 0 Å². The van der Waals surface area contributed by atoms with Gasteiger partial charge in [-0.1, -0.05) is 5.16 Å². The largest absolute Gasteiger partial charge is 0.439 e. The maximum absolute atomic E-state index is 10.8. The van der Waals surface area contributed by atoms with E-state index in [4.69, 9.17) is 0 Å². The van der Waals surface area contributed by atoms with E-state index < -0.39 is 5.76 Å². The summed E-state index contributed by atoms with van der Waals surface area (Å²) in [4.78, 5) is 16.4. The van der Waals surface area contributed by atoms with Gasteiger partial charge in [0.05, 0.1) is 0 Å². The number of hydrogen-bond donors (Lipinski definition) is 2. The average Bonchev–Trinajstić information content (AvgIpc) is 2.84. The van der Waals surface area contributed by atoms with Gasteiger partial charge in [-0.05, 0) is 24.3 Å². The number of hydrogen-bond acceptors (Lipinski definition) is 3. The van der Waals surface area contributed by atoms with Crippen LogP contribution in [0.1, 0.15) is 0 Å². The standard InChI is InChI=1S/C10H7N3O2/c14-10-12-9(13-15-10)7-1-2-8-6(5-7)3-4-11-8/h1-5,11H,(H,12,13,14). The van der Waals surface area contributed by atoms with Crippen molar-refractivity contribution in [3.05, 3.63) is 41.0 Å². The van der Waals surface area contributed by atoms with Crippen LogP contribution in [0.4, 0.5) is 0 Å². The normalized spacial score (nSPS) is 10.9. The molecule has 74 valence electrons. The van der Waals surface area contributed by atoms with E-state index in [0.29, 0.717) is 5.82 Å². The number of fused-ring (bicyclic) bond motifs is 1. The fourth-order valence-electron chi connectivity index (χ4n) is 1.55. The van der Waals surface area contributed by atoms with Crippen molar-refractivity contribution in [2.24, 2.45) is 0 Å². The molecule has 0 aliphatic carbocycles. The number of aromatic nitrogens is 3. The molecule has 0 radical (unpaired) electrons. The second kappa shape index (κ2) is 2.84. The first-order valence-corrected chi connectivity index (χ1v) is 4.46. The molecule has 15 heavy (non-hydrogen) atoms. The molecule has 0 saturated carbocycles. The summed E-state index contributed by atoms with van der Waals surface area (Å²) >= 11 is 0. The van der Waals surface area contributed by atoms with E-state index in [1.165, 1.54) is 0 Å². The molecule has 0 spiro atoms. The minimum Gasteiger partial charge on any atom is -0.361 e. The Balaban J connectivity index is 2.22. The average molecular weight is 201 g/mol. The minimum atomic E-state index is -0.542. The van der Waals surface area contributed by atoms with Gasteiger partial charge >= 0.3 is 5.76 Å². The lowest BCUT2D eigenvalue weighted by Gasteiger charge is -1.94. The first-order valence-electron chi connectivity index (χ1n) is 4.46. The van der Waals surface area contributed by atoms with Gasteiger partial charge in [-0.25, -0.2) is 4.79 Å². The predicted octanol–water partition coefficient (Wildman–Crippen LogP) is 1.51. The Kier molecular flexibility index (Phi) is 1.53. The number of H-pyrrole nitrogens is 2. The fourth-order valence-corrected chi connectivity index (χ4v) is 1.55. The zero-order chi connectivity index (χ0) is 10.3. The molecule has 3 rings (SSSR count). The van der Waals surface area contributed by atoms with Crippen molar-refractivity contribution in [1.29, 1.82) is 0 Å². The summed E-state index contributed by atoms with van der Waals surface area (Å²) in [5, 5.41) is 4.69. The molecule has 2 N–H and O–H groups in total. The van der Waals surface area contributed by atoms with Crippen molar-refractivity contribution in [2.75, 3.05) is 0 Å². The highest BCUT2D eigenvalue weighted by atomic mass is 16.5. The van der Waals surface area contributed by atoms with Gasteiger partial charge in [0.15, 0.2) is 5.82 Å². The van der Waals surface area contributed by atoms with Gasteiger partial charge in [0, 0.05) is 22.7 Å². The molecular formula is C10H7N3O2. The molecule has 0 fully saturated rings. The lowest BCUT2D eigenvalue weighted by molar-refractivity contribution is 0.388. The van der Waals surface area contributed by atoms with Crippen LogP contribution < -0.4 is 5.76 Å². The highest BCUT2D eigenvalue weighted by molar-refractivity contribution is 5.83. The molecule has 2 heterocycles. The van der Waals surface area contributed by atoms with E-state index in [2.05, 4.69) is 19.6 Å². The van der Waals surface area contributed by atoms with Crippen LogP contribution in [0.15, 0.2) is 39.8 Å². The summed E-state index contributed by atoms with van der Waals surface area (Å²) in [6.45, 7) is 0. The Hall–Kier alpha value is -2.30. The molecule has 2 aromatic heterocycles. The number of nitrogens with zero attached hydrogens (tertiary/aromatic N) is 1. The second-order valence-corrected chi connectivity index (χ2v) is 3.22. The Labute approximate surface area is 83.7 Å². The molecule has 5 heteroatoms. The molecular weight excluding hydrogens is 194 g/mol. The van der Waals surface area contributed by atoms with Crippen molar-refractivity contribution in [1.82, 2.24) is 15.1 Å². The van der Waals surface area contributed by atoms with E-state index in [9.17, 15) is 4.79 Å². The van der Waals surface area contributed by atoms with E-state index in [1.54, 1.807) is 0 Å². The van der Waals surface area contributed by atoms with Crippen molar-refractivity contribution in [3.8, 4) is 11.4 Å².